The normalized spacial score (nSPS) is 32.3. The van der Waals surface area contributed by atoms with Gasteiger partial charge in [0.05, 0.1) is 6.10 Å². The van der Waals surface area contributed by atoms with Crippen molar-refractivity contribution in [1.29, 1.82) is 0 Å². The quantitative estimate of drug-likeness (QED) is 0.755. The maximum Gasteiger partial charge on any atom is 0.407 e. The van der Waals surface area contributed by atoms with Gasteiger partial charge in [-0.3, -0.25) is 0 Å². The first-order valence-corrected chi connectivity index (χ1v) is 6.27. The van der Waals surface area contributed by atoms with E-state index in [1.165, 1.54) is 0 Å². The summed E-state index contributed by atoms with van der Waals surface area (Å²) in [5.41, 5.74) is -0.440. The third kappa shape index (κ3) is 3.33. The molecule has 0 aromatic heterocycles. The second-order valence-electron chi connectivity index (χ2n) is 5.78. The minimum absolute atomic E-state index is 0.255. The average Bonchev–Trinajstić information content (AvgIpc) is 2.73. The highest BCUT2D eigenvalue weighted by Gasteiger charge is 2.40. The van der Waals surface area contributed by atoms with Gasteiger partial charge in [-0.2, -0.15) is 0 Å². The van der Waals surface area contributed by atoms with Crippen LogP contribution in [0.2, 0.25) is 0 Å². The Labute approximate surface area is 102 Å². The van der Waals surface area contributed by atoms with E-state index in [0.717, 1.165) is 19.6 Å². The summed E-state index contributed by atoms with van der Waals surface area (Å²) in [5, 5.41) is 6.24. The molecule has 0 bridgehead atoms. The molecule has 2 aliphatic rings. The molecule has 5 heteroatoms. The van der Waals surface area contributed by atoms with Gasteiger partial charge in [-0.25, -0.2) is 4.79 Å². The molecule has 2 fully saturated rings. The summed E-state index contributed by atoms with van der Waals surface area (Å²) in [6.45, 7) is 7.93. The molecular weight excluding hydrogens is 220 g/mol. The van der Waals surface area contributed by atoms with Crippen molar-refractivity contribution in [3.63, 3.8) is 0 Å². The highest BCUT2D eigenvalue weighted by atomic mass is 16.6. The molecule has 0 aliphatic carbocycles. The Morgan fingerprint density at radius 3 is 3.00 bits per heavy atom. The SMILES string of the molecule is CC(C)(C)OC(=O)NCC1CNC2CCOC12. The van der Waals surface area contributed by atoms with Crippen LogP contribution < -0.4 is 10.6 Å². The molecular formula is C12H22N2O3. The maximum atomic E-state index is 11.5. The summed E-state index contributed by atoms with van der Waals surface area (Å²) in [6.07, 6.45) is 0.983. The standard InChI is InChI=1S/C12H22N2O3/c1-12(2,3)17-11(15)14-7-8-6-13-9-4-5-16-10(8)9/h8-10,13H,4-7H2,1-3H3,(H,14,15). The van der Waals surface area contributed by atoms with Gasteiger partial charge in [0.15, 0.2) is 0 Å². The van der Waals surface area contributed by atoms with Crippen LogP contribution in [0.5, 0.6) is 0 Å². The number of carbonyl (C=O) groups excluding carboxylic acids is 1. The van der Waals surface area contributed by atoms with E-state index in [-0.39, 0.29) is 12.2 Å². The molecule has 98 valence electrons. The van der Waals surface area contributed by atoms with Gasteiger partial charge in [-0.05, 0) is 27.2 Å². The molecule has 3 unspecified atom stereocenters. The highest BCUT2D eigenvalue weighted by Crippen LogP contribution is 2.25. The summed E-state index contributed by atoms with van der Waals surface area (Å²) < 4.78 is 10.9. The Bertz CT molecular complexity index is 288. The molecule has 0 spiro atoms. The van der Waals surface area contributed by atoms with Gasteiger partial charge in [-0.15, -0.1) is 0 Å². The predicted octanol–water partition coefficient (Wildman–Crippen LogP) is 0.888. The number of hydrogen-bond acceptors (Lipinski definition) is 4. The zero-order valence-electron chi connectivity index (χ0n) is 10.8. The first-order chi connectivity index (χ1) is 7.96. The predicted molar refractivity (Wildman–Crippen MR) is 63.9 cm³/mol. The molecule has 2 saturated heterocycles. The smallest absolute Gasteiger partial charge is 0.407 e. The van der Waals surface area contributed by atoms with E-state index in [1.807, 2.05) is 20.8 Å². The number of fused-ring (bicyclic) bond motifs is 1. The van der Waals surface area contributed by atoms with E-state index in [2.05, 4.69) is 10.6 Å². The fourth-order valence-electron chi connectivity index (χ4n) is 2.43. The zero-order chi connectivity index (χ0) is 12.5. The van der Waals surface area contributed by atoms with Crippen LogP contribution in [0.25, 0.3) is 0 Å². The second kappa shape index (κ2) is 4.82. The van der Waals surface area contributed by atoms with Gasteiger partial charge in [0.1, 0.15) is 5.60 Å². The molecule has 2 heterocycles. The summed E-state index contributed by atoms with van der Waals surface area (Å²) in [4.78, 5) is 11.5. The lowest BCUT2D eigenvalue weighted by atomic mass is 10.0. The molecule has 17 heavy (non-hydrogen) atoms. The summed E-state index contributed by atoms with van der Waals surface area (Å²) in [7, 11) is 0. The van der Waals surface area contributed by atoms with Crippen LogP contribution in [0.15, 0.2) is 0 Å². The fourth-order valence-corrected chi connectivity index (χ4v) is 2.43. The minimum atomic E-state index is -0.440. The maximum absolute atomic E-state index is 11.5. The number of ether oxygens (including phenoxy) is 2. The number of alkyl carbamates (subject to hydrolysis) is 1. The number of hydrogen-bond donors (Lipinski definition) is 2. The van der Waals surface area contributed by atoms with Crippen LogP contribution in [0.4, 0.5) is 4.79 Å². The van der Waals surface area contributed by atoms with Crippen molar-refractivity contribution < 1.29 is 14.3 Å². The second-order valence-corrected chi connectivity index (χ2v) is 5.78. The topological polar surface area (TPSA) is 59.6 Å². The van der Waals surface area contributed by atoms with Crippen LogP contribution in [0.3, 0.4) is 0 Å². The van der Waals surface area contributed by atoms with Gasteiger partial charge in [0, 0.05) is 31.7 Å². The molecule has 0 aromatic carbocycles. The van der Waals surface area contributed by atoms with Gasteiger partial charge in [0.2, 0.25) is 0 Å². The van der Waals surface area contributed by atoms with Crippen LogP contribution in [0.1, 0.15) is 27.2 Å². The van der Waals surface area contributed by atoms with E-state index in [1.54, 1.807) is 0 Å². The highest BCUT2D eigenvalue weighted by molar-refractivity contribution is 5.67. The van der Waals surface area contributed by atoms with Crippen molar-refractivity contribution >= 4 is 6.09 Å². The van der Waals surface area contributed by atoms with Crippen LogP contribution in [0, 0.1) is 5.92 Å². The lowest BCUT2D eigenvalue weighted by molar-refractivity contribution is 0.0472. The largest absolute Gasteiger partial charge is 0.444 e. The Morgan fingerprint density at radius 2 is 2.29 bits per heavy atom. The summed E-state index contributed by atoms with van der Waals surface area (Å²) in [6, 6.07) is 0.473. The van der Waals surface area contributed by atoms with E-state index < -0.39 is 5.60 Å². The molecule has 2 rings (SSSR count). The first kappa shape index (κ1) is 12.6. The third-order valence-corrected chi connectivity index (χ3v) is 3.15. The molecule has 1 amide bonds. The van der Waals surface area contributed by atoms with Crippen molar-refractivity contribution in [2.45, 2.75) is 44.9 Å². The molecule has 0 saturated carbocycles. The van der Waals surface area contributed by atoms with Crippen LogP contribution in [-0.4, -0.2) is 43.5 Å². The Hall–Kier alpha value is -0.810. The number of amides is 1. The lowest BCUT2D eigenvalue weighted by Gasteiger charge is -2.22. The Balaban J connectivity index is 1.73. The van der Waals surface area contributed by atoms with E-state index in [4.69, 9.17) is 9.47 Å². The van der Waals surface area contributed by atoms with E-state index in [9.17, 15) is 4.79 Å². The Morgan fingerprint density at radius 1 is 1.53 bits per heavy atom. The lowest BCUT2D eigenvalue weighted by Crippen LogP contribution is -2.38. The molecule has 0 aromatic rings. The third-order valence-electron chi connectivity index (χ3n) is 3.15. The van der Waals surface area contributed by atoms with Gasteiger partial charge < -0.3 is 20.1 Å². The molecule has 5 nitrogen and oxygen atoms in total. The van der Waals surface area contributed by atoms with Crippen molar-refractivity contribution in [2.24, 2.45) is 5.92 Å². The van der Waals surface area contributed by atoms with E-state index >= 15 is 0 Å². The van der Waals surface area contributed by atoms with Gasteiger partial charge in [0.25, 0.3) is 0 Å². The zero-order valence-corrected chi connectivity index (χ0v) is 10.8. The van der Waals surface area contributed by atoms with Gasteiger partial charge in [-0.1, -0.05) is 0 Å². The summed E-state index contributed by atoms with van der Waals surface area (Å²) >= 11 is 0. The minimum Gasteiger partial charge on any atom is -0.444 e. The van der Waals surface area contributed by atoms with Crippen molar-refractivity contribution in [3.05, 3.63) is 0 Å². The summed E-state index contributed by atoms with van der Waals surface area (Å²) in [5.74, 6) is 0.356. The molecule has 2 aliphatic heterocycles. The first-order valence-electron chi connectivity index (χ1n) is 6.27. The number of carbonyl (C=O) groups is 1. The van der Waals surface area contributed by atoms with Crippen molar-refractivity contribution in [1.82, 2.24) is 10.6 Å². The monoisotopic (exact) mass is 242 g/mol. The fraction of sp³-hybridized carbons (Fsp3) is 0.917. The number of nitrogens with one attached hydrogen (secondary N) is 2. The molecule has 2 N–H and O–H groups in total. The van der Waals surface area contributed by atoms with Crippen molar-refractivity contribution in [2.75, 3.05) is 19.7 Å². The molecule has 3 atom stereocenters. The van der Waals surface area contributed by atoms with Crippen LogP contribution >= 0.6 is 0 Å². The number of rotatable bonds is 2. The van der Waals surface area contributed by atoms with Gasteiger partial charge >= 0.3 is 6.09 Å². The van der Waals surface area contributed by atoms with E-state index in [0.29, 0.717) is 18.5 Å². The Kier molecular flexibility index (Phi) is 3.58. The van der Waals surface area contributed by atoms with Crippen LogP contribution in [-0.2, 0) is 9.47 Å². The van der Waals surface area contributed by atoms with Crippen molar-refractivity contribution in [3.8, 4) is 0 Å². The molecule has 0 radical (unpaired) electrons. The average molecular weight is 242 g/mol.